The van der Waals surface area contributed by atoms with Crippen LogP contribution in [-0.2, 0) is 6.61 Å². The summed E-state index contributed by atoms with van der Waals surface area (Å²) in [6, 6.07) is 23.0. The van der Waals surface area contributed by atoms with Crippen molar-refractivity contribution in [1.82, 2.24) is 9.88 Å². The van der Waals surface area contributed by atoms with E-state index in [0.717, 1.165) is 27.0 Å². The number of fused-ring (bicyclic) bond motifs is 1. The number of nitrogens with zero attached hydrogens (tertiary/aromatic N) is 5. The maximum Gasteiger partial charge on any atom is 0.264 e. The van der Waals surface area contributed by atoms with Gasteiger partial charge < -0.3 is 14.5 Å². The number of rotatable bonds is 5. The topological polar surface area (TPSA) is 93.2 Å². The first-order valence-corrected chi connectivity index (χ1v) is 12.1. The fraction of sp³-hybridized carbons (Fsp3) is 0.185. The second-order valence-corrected chi connectivity index (χ2v) is 9.07. The van der Waals surface area contributed by atoms with Gasteiger partial charge in [-0.3, -0.25) is 4.79 Å². The summed E-state index contributed by atoms with van der Waals surface area (Å²) in [5.41, 5.74) is 3.37. The maximum absolute atomic E-state index is 12.8. The van der Waals surface area contributed by atoms with Gasteiger partial charge in [0, 0.05) is 31.6 Å². The molecule has 0 saturated carbocycles. The van der Waals surface area contributed by atoms with Gasteiger partial charge in [0.05, 0.1) is 27.7 Å². The van der Waals surface area contributed by atoms with Crippen molar-refractivity contribution in [3.05, 3.63) is 87.6 Å². The Bertz CT molecular complexity index is 1440. The fourth-order valence-electron chi connectivity index (χ4n) is 4.22. The lowest BCUT2D eigenvalue weighted by atomic mass is 10.1. The van der Waals surface area contributed by atoms with E-state index in [1.807, 2.05) is 58.8 Å². The molecule has 35 heavy (non-hydrogen) atoms. The number of amides is 1. The van der Waals surface area contributed by atoms with Crippen LogP contribution >= 0.6 is 11.3 Å². The Morgan fingerprint density at radius 2 is 1.74 bits per heavy atom. The van der Waals surface area contributed by atoms with E-state index in [1.165, 1.54) is 11.3 Å². The molecule has 2 aromatic heterocycles. The minimum Gasteiger partial charge on any atom is -0.472 e. The molecule has 3 heterocycles. The van der Waals surface area contributed by atoms with Crippen molar-refractivity contribution in [1.29, 1.82) is 10.5 Å². The first kappa shape index (κ1) is 22.4. The first-order valence-electron chi connectivity index (χ1n) is 11.2. The molecule has 5 rings (SSSR count). The van der Waals surface area contributed by atoms with Crippen LogP contribution < -0.4 is 9.64 Å². The molecule has 4 aromatic rings. The summed E-state index contributed by atoms with van der Waals surface area (Å²) in [5.74, 6) is 0.328. The largest absolute Gasteiger partial charge is 0.472 e. The van der Waals surface area contributed by atoms with Crippen LogP contribution in [0.1, 0.15) is 26.4 Å². The molecule has 1 aliphatic heterocycles. The van der Waals surface area contributed by atoms with E-state index >= 15 is 0 Å². The van der Waals surface area contributed by atoms with E-state index in [2.05, 4.69) is 22.0 Å². The molecule has 0 unspecified atom stereocenters. The van der Waals surface area contributed by atoms with E-state index in [1.54, 1.807) is 12.1 Å². The predicted molar refractivity (Wildman–Crippen MR) is 134 cm³/mol. The summed E-state index contributed by atoms with van der Waals surface area (Å²) in [4.78, 5) is 22.2. The highest BCUT2D eigenvalue weighted by Gasteiger charge is 2.27. The number of piperazine rings is 1. The Balaban J connectivity index is 1.43. The summed E-state index contributed by atoms with van der Waals surface area (Å²) in [7, 11) is 0. The number of ether oxygens (including phenoxy) is 1. The molecule has 2 aromatic carbocycles. The van der Waals surface area contributed by atoms with Crippen molar-refractivity contribution < 1.29 is 9.53 Å². The zero-order chi connectivity index (χ0) is 24.2. The number of carbonyl (C=O) groups is 1. The fourth-order valence-corrected chi connectivity index (χ4v) is 4.91. The number of thiophene rings is 1. The van der Waals surface area contributed by atoms with Crippen LogP contribution in [-0.4, -0.2) is 42.0 Å². The van der Waals surface area contributed by atoms with Crippen LogP contribution in [0.3, 0.4) is 0 Å². The van der Waals surface area contributed by atoms with Crippen molar-refractivity contribution in [2.75, 3.05) is 31.1 Å². The van der Waals surface area contributed by atoms with Gasteiger partial charge in [0.1, 0.15) is 18.2 Å². The third-order valence-electron chi connectivity index (χ3n) is 6.02. The van der Waals surface area contributed by atoms with Crippen LogP contribution in [0.5, 0.6) is 5.88 Å². The highest BCUT2D eigenvalue weighted by Crippen LogP contribution is 2.36. The van der Waals surface area contributed by atoms with Crippen molar-refractivity contribution >= 4 is 33.8 Å². The molecule has 0 bridgehead atoms. The second-order valence-electron chi connectivity index (χ2n) is 8.12. The molecular formula is C27H21N5O2S. The SMILES string of the molecule is N#Cc1ccc(COc2nc3ccccc3c(N3CCN(C(=O)c4cccs4)CC3)c2C#N)cc1. The number of hydrogen-bond donors (Lipinski definition) is 0. The molecule has 0 atom stereocenters. The van der Waals surface area contributed by atoms with Gasteiger partial charge in [0.25, 0.3) is 5.91 Å². The van der Waals surface area contributed by atoms with Crippen LogP contribution in [0, 0.1) is 22.7 Å². The van der Waals surface area contributed by atoms with Gasteiger partial charge in [-0.05, 0) is 35.2 Å². The predicted octanol–water partition coefficient (Wildman–Crippen LogP) is 4.58. The van der Waals surface area contributed by atoms with Crippen molar-refractivity contribution in [3.63, 3.8) is 0 Å². The lowest BCUT2D eigenvalue weighted by Gasteiger charge is -2.37. The van der Waals surface area contributed by atoms with E-state index < -0.39 is 0 Å². The monoisotopic (exact) mass is 479 g/mol. The molecule has 0 radical (unpaired) electrons. The molecule has 1 fully saturated rings. The Kier molecular flexibility index (Phi) is 6.30. The number of nitriles is 2. The van der Waals surface area contributed by atoms with Gasteiger partial charge in [0.2, 0.25) is 5.88 Å². The van der Waals surface area contributed by atoms with E-state index in [0.29, 0.717) is 37.3 Å². The minimum atomic E-state index is 0.0474. The lowest BCUT2D eigenvalue weighted by molar-refractivity contribution is 0.0751. The Hall–Kier alpha value is -4.40. The van der Waals surface area contributed by atoms with Gasteiger partial charge in [-0.25, -0.2) is 4.98 Å². The van der Waals surface area contributed by atoms with Crippen LogP contribution in [0.15, 0.2) is 66.0 Å². The Labute approximate surface area is 207 Å². The molecule has 172 valence electrons. The standard InChI is InChI=1S/C27H21N5O2S/c28-16-19-7-9-20(10-8-19)18-34-26-22(17-29)25(21-4-1-2-5-23(21)30-26)31-11-13-32(14-12-31)27(33)24-6-3-15-35-24/h1-10,15H,11-14,18H2. The van der Waals surface area contributed by atoms with Crippen LogP contribution in [0.4, 0.5) is 5.69 Å². The number of para-hydroxylation sites is 1. The average molecular weight is 480 g/mol. The average Bonchev–Trinajstić information content (AvgIpc) is 3.46. The molecular weight excluding hydrogens is 458 g/mol. The molecule has 0 spiro atoms. The summed E-state index contributed by atoms with van der Waals surface area (Å²) in [6.45, 7) is 2.58. The number of pyridine rings is 1. The van der Waals surface area contributed by atoms with Gasteiger partial charge in [0.15, 0.2) is 0 Å². The second kappa shape index (κ2) is 9.84. The van der Waals surface area contributed by atoms with Crippen molar-refractivity contribution in [2.24, 2.45) is 0 Å². The summed E-state index contributed by atoms with van der Waals surface area (Å²) in [5, 5.41) is 21.9. The van der Waals surface area contributed by atoms with E-state index in [4.69, 9.17) is 10.00 Å². The quantitative estimate of drug-likeness (QED) is 0.416. The van der Waals surface area contributed by atoms with Crippen molar-refractivity contribution in [2.45, 2.75) is 6.61 Å². The number of aromatic nitrogens is 1. The smallest absolute Gasteiger partial charge is 0.264 e. The Morgan fingerprint density at radius 3 is 2.43 bits per heavy atom. The molecule has 1 amide bonds. The van der Waals surface area contributed by atoms with Crippen molar-refractivity contribution in [3.8, 4) is 18.0 Å². The number of hydrogen-bond acceptors (Lipinski definition) is 7. The summed E-state index contributed by atoms with van der Waals surface area (Å²) >= 11 is 1.45. The van der Waals surface area contributed by atoms with E-state index in [9.17, 15) is 10.1 Å². The number of anilines is 1. The zero-order valence-electron chi connectivity index (χ0n) is 18.8. The third kappa shape index (κ3) is 4.52. The molecule has 0 N–H and O–H groups in total. The van der Waals surface area contributed by atoms with Crippen LogP contribution in [0.2, 0.25) is 0 Å². The molecule has 0 aliphatic carbocycles. The molecule has 8 heteroatoms. The Morgan fingerprint density at radius 1 is 0.971 bits per heavy atom. The first-order chi connectivity index (χ1) is 17.2. The normalized spacial score (nSPS) is 13.3. The summed E-state index contributed by atoms with van der Waals surface area (Å²) in [6.07, 6.45) is 0. The molecule has 1 aliphatic rings. The molecule has 1 saturated heterocycles. The highest BCUT2D eigenvalue weighted by molar-refractivity contribution is 7.12. The lowest BCUT2D eigenvalue weighted by Crippen LogP contribution is -2.49. The maximum atomic E-state index is 12.8. The highest BCUT2D eigenvalue weighted by atomic mass is 32.1. The van der Waals surface area contributed by atoms with E-state index in [-0.39, 0.29) is 18.4 Å². The van der Waals surface area contributed by atoms with Crippen LogP contribution in [0.25, 0.3) is 10.9 Å². The molecule has 7 nitrogen and oxygen atoms in total. The number of benzene rings is 2. The van der Waals surface area contributed by atoms with Gasteiger partial charge in [-0.15, -0.1) is 11.3 Å². The zero-order valence-corrected chi connectivity index (χ0v) is 19.7. The van der Waals surface area contributed by atoms with Gasteiger partial charge in [-0.2, -0.15) is 10.5 Å². The summed E-state index contributed by atoms with van der Waals surface area (Å²) < 4.78 is 6.03. The van der Waals surface area contributed by atoms with Gasteiger partial charge >= 0.3 is 0 Å². The van der Waals surface area contributed by atoms with Gasteiger partial charge in [-0.1, -0.05) is 36.4 Å². The number of carbonyl (C=O) groups excluding carboxylic acids is 1. The third-order valence-corrected chi connectivity index (χ3v) is 6.88. The minimum absolute atomic E-state index is 0.0474.